The summed E-state index contributed by atoms with van der Waals surface area (Å²) in [6, 6.07) is 50.3. The van der Waals surface area contributed by atoms with Gasteiger partial charge in [0.05, 0.1) is 45.0 Å². The van der Waals surface area contributed by atoms with Crippen LogP contribution in [0.15, 0.2) is 163 Å². The Morgan fingerprint density at radius 1 is 0.627 bits per heavy atom. The van der Waals surface area contributed by atoms with Crippen molar-refractivity contribution in [1.82, 2.24) is 4.57 Å². The number of rotatable bonds is 5. The van der Waals surface area contributed by atoms with Gasteiger partial charge in [-0.3, -0.25) is 9.59 Å². The lowest BCUT2D eigenvalue weighted by Gasteiger charge is -2.27. The number of carbonyl (C=O) groups is 2. The number of para-hydroxylation sites is 1. The van der Waals surface area contributed by atoms with Gasteiger partial charge in [-0.15, -0.1) is 0 Å². The molecule has 1 fully saturated rings. The fraction of sp³-hybridized carbons (Fsp3) is 0.0652. The summed E-state index contributed by atoms with van der Waals surface area (Å²) in [4.78, 5) is 31.2. The summed E-state index contributed by atoms with van der Waals surface area (Å²) < 4.78 is 2.14. The normalized spacial score (nSPS) is 17.0. The number of anilines is 1. The van der Waals surface area contributed by atoms with Gasteiger partial charge in [-0.05, 0) is 83.6 Å². The summed E-state index contributed by atoms with van der Waals surface area (Å²) in [6.45, 7) is 1.90. The minimum absolute atomic E-state index is 0.233. The SMILES string of the molecule is CC12CC=CC(n3c4ccccc4c4ccc(-c5cccc(C#N)c5)cc43)=C1C(=O)N(c1ccc(-c3ccccc3)cc1-c1ccccc1)C2=O. The maximum Gasteiger partial charge on any atom is 0.264 e. The van der Waals surface area contributed by atoms with Gasteiger partial charge < -0.3 is 4.57 Å². The van der Waals surface area contributed by atoms with Gasteiger partial charge in [0.15, 0.2) is 0 Å². The number of nitriles is 1. The van der Waals surface area contributed by atoms with E-state index in [-0.39, 0.29) is 11.8 Å². The van der Waals surface area contributed by atoms with Gasteiger partial charge in [0.1, 0.15) is 0 Å². The highest BCUT2D eigenvalue weighted by atomic mass is 16.2. The Morgan fingerprint density at radius 3 is 2.06 bits per heavy atom. The van der Waals surface area contributed by atoms with E-state index in [0.29, 0.717) is 28.9 Å². The highest BCUT2D eigenvalue weighted by Gasteiger charge is 2.55. The first-order valence-corrected chi connectivity index (χ1v) is 17.1. The number of hydrogen-bond donors (Lipinski definition) is 0. The average Bonchev–Trinajstić information content (AvgIpc) is 3.62. The second-order valence-corrected chi connectivity index (χ2v) is 13.4. The molecule has 2 amide bonds. The van der Waals surface area contributed by atoms with Crippen molar-refractivity contribution >= 4 is 45.0 Å². The second kappa shape index (κ2) is 11.7. The van der Waals surface area contributed by atoms with Crippen LogP contribution in [-0.4, -0.2) is 16.4 Å². The lowest BCUT2D eigenvalue weighted by atomic mass is 9.77. The Hall–Kier alpha value is -6.77. The van der Waals surface area contributed by atoms with Crippen molar-refractivity contribution in [3.8, 4) is 39.4 Å². The lowest BCUT2D eigenvalue weighted by Crippen LogP contribution is -2.34. The molecule has 0 radical (unpaired) electrons. The molecule has 0 N–H and O–H groups in total. The van der Waals surface area contributed by atoms with Crippen LogP contribution in [0.4, 0.5) is 5.69 Å². The molecule has 1 aliphatic heterocycles. The summed E-state index contributed by atoms with van der Waals surface area (Å²) in [6.07, 6.45) is 4.43. The summed E-state index contributed by atoms with van der Waals surface area (Å²) in [5.74, 6) is -0.543. The minimum Gasteiger partial charge on any atom is -0.309 e. The summed E-state index contributed by atoms with van der Waals surface area (Å²) in [5, 5.41) is 11.7. The fourth-order valence-corrected chi connectivity index (χ4v) is 7.84. The van der Waals surface area contributed by atoms with Crippen LogP contribution in [0.25, 0.3) is 60.9 Å². The highest BCUT2D eigenvalue weighted by molar-refractivity contribution is 6.34. The Kier molecular flexibility index (Phi) is 6.94. The van der Waals surface area contributed by atoms with Gasteiger partial charge in [-0.25, -0.2) is 4.90 Å². The number of carbonyl (C=O) groups excluding carboxylic acids is 2. The zero-order chi connectivity index (χ0) is 34.7. The molecule has 6 aromatic carbocycles. The topological polar surface area (TPSA) is 66.1 Å². The van der Waals surface area contributed by atoms with E-state index < -0.39 is 5.41 Å². The van der Waals surface area contributed by atoms with Crippen LogP contribution in [0.3, 0.4) is 0 Å². The van der Waals surface area contributed by atoms with Crippen LogP contribution >= 0.6 is 0 Å². The first-order valence-electron chi connectivity index (χ1n) is 17.1. The summed E-state index contributed by atoms with van der Waals surface area (Å²) in [5.41, 5.74) is 8.83. The van der Waals surface area contributed by atoms with Crippen LogP contribution in [0.5, 0.6) is 0 Å². The molecule has 7 aromatic rings. The quantitative estimate of drug-likeness (QED) is 0.173. The number of fused-ring (bicyclic) bond motifs is 4. The molecule has 5 heteroatoms. The van der Waals surface area contributed by atoms with E-state index in [4.69, 9.17) is 0 Å². The first kappa shape index (κ1) is 30.3. The molecule has 1 atom stereocenters. The van der Waals surface area contributed by atoms with Crippen LogP contribution in [-0.2, 0) is 9.59 Å². The number of imide groups is 1. The third-order valence-electron chi connectivity index (χ3n) is 10.4. The summed E-state index contributed by atoms with van der Waals surface area (Å²) >= 11 is 0. The van der Waals surface area contributed by atoms with Crippen molar-refractivity contribution in [2.24, 2.45) is 5.41 Å². The van der Waals surface area contributed by atoms with E-state index in [1.807, 2.05) is 110 Å². The number of aromatic nitrogens is 1. The molecule has 1 saturated heterocycles. The molecule has 0 saturated carbocycles. The third kappa shape index (κ3) is 4.69. The van der Waals surface area contributed by atoms with Gasteiger partial charge in [-0.2, -0.15) is 5.26 Å². The van der Waals surface area contributed by atoms with Crippen molar-refractivity contribution in [2.75, 3.05) is 4.90 Å². The second-order valence-electron chi connectivity index (χ2n) is 13.4. The molecule has 2 aliphatic rings. The molecular formula is C46H31N3O2. The van der Waals surface area contributed by atoms with Gasteiger partial charge in [0.2, 0.25) is 5.91 Å². The van der Waals surface area contributed by atoms with Crippen molar-refractivity contribution in [2.45, 2.75) is 13.3 Å². The molecule has 2 heterocycles. The van der Waals surface area contributed by atoms with Gasteiger partial charge in [0, 0.05) is 16.3 Å². The van der Waals surface area contributed by atoms with E-state index in [1.165, 1.54) is 4.90 Å². The maximum absolute atomic E-state index is 15.0. The van der Waals surface area contributed by atoms with Crippen molar-refractivity contribution in [1.29, 1.82) is 5.26 Å². The smallest absolute Gasteiger partial charge is 0.264 e. The van der Waals surface area contributed by atoms with Crippen molar-refractivity contribution < 1.29 is 9.59 Å². The van der Waals surface area contributed by atoms with E-state index in [1.54, 1.807) is 6.07 Å². The van der Waals surface area contributed by atoms with E-state index in [9.17, 15) is 10.1 Å². The molecule has 9 rings (SSSR count). The maximum atomic E-state index is 15.0. The fourth-order valence-electron chi connectivity index (χ4n) is 7.84. The number of hydrogen-bond acceptors (Lipinski definition) is 3. The Balaban J connectivity index is 1.26. The molecule has 51 heavy (non-hydrogen) atoms. The molecule has 1 aliphatic carbocycles. The van der Waals surface area contributed by atoms with E-state index in [2.05, 4.69) is 59.2 Å². The monoisotopic (exact) mass is 657 g/mol. The molecular weight excluding hydrogens is 627 g/mol. The van der Waals surface area contributed by atoms with E-state index >= 15 is 4.79 Å². The highest BCUT2D eigenvalue weighted by Crippen LogP contribution is 2.51. The lowest BCUT2D eigenvalue weighted by molar-refractivity contribution is -0.124. The van der Waals surface area contributed by atoms with Crippen LogP contribution in [0.1, 0.15) is 18.9 Å². The van der Waals surface area contributed by atoms with Crippen molar-refractivity contribution in [3.63, 3.8) is 0 Å². The van der Waals surface area contributed by atoms with Crippen molar-refractivity contribution in [3.05, 3.63) is 169 Å². The third-order valence-corrected chi connectivity index (χ3v) is 10.4. The first-order chi connectivity index (χ1) is 25.0. The van der Waals surface area contributed by atoms with Crippen LogP contribution < -0.4 is 4.90 Å². The predicted molar refractivity (Wildman–Crippen MR) is 204 cm³/mol. The minimum atomic E-state index is -1.07. The Labute approximate surface area is 295 Å². The molecule has 1 aromatic heterocycles. The van der Waals surface area contributed by atoms with E-state index in [0.717, 1.165) is 55.2 Å². The van der Waals surface area contributed by atoms with Crippen LogP contribution in [0.2, 0.25) is 0 Å². The number of benzene rings is 6. The van der Waals surface area contributed by atoms with Gasteiger partial charge >= 0.3 is 0 Å². The predicted octanol–water partition coefficient (Wildman–Crippen LogP) is 10.4. The standard InChI is InChI=1S/C46H31N3O2/c1-46-25-11-20-41(48-39-19-9-8-18-36(39)37-23-21-35(28-42(37)48)33-17-10-12-30(26-33)29-47)43(46)44(50)49(45(46)51)40-24-22-34(31-13-4-2-5-14-31)27-38(40)32-15-6-3-7-16-32/h2-24,26-28H,25H2,1H3. The molecule has 0 spiro atoms. The molecule has 242 valence electrons. The zero-order valence-electron chi connectivity index (χ0n) is 27.9. The number of amides is 2. The number of nitrogens with zero attached hydrogens (tertiary/aromatic N) is 3. The Bertz CT molecular complexity index is 2680. The molecule has 1 unspecified atom stereocenters. The average molecular weight is 658 g/mol. The molecule has 5 nitrogen and oxygen atoms in total. The van der Waals surface area contributed by atoms with Gasteiger partial charge in [-0.1, -0.05) is 115 Å². The van der Waals surface area contributed by atoms with Crippen LogP contribution in [0, 0.1) is 16.7 Å². The largest absolute Gasteiger partial charge is 0.309 e. The summed E-state index contributed by atoms with van der Waals surface area (Å²) in [7, 11) is 0. The zero-order valence-corrected chi connectivity index (χ0v) is 27.9. The van der Waals surface area contributed by atoms with Gasteiger partial charge in [0.25, 0.3) is 5.91 Å². The Morgan fingerprint density at radius 2 is 1.27 bits per heavy atom. The molecule has 0 bridgehead atoms. The number of allylic oxidation sites excluding steroid dienone is 3.